The summed E-state index contributed by atoms with van der Waals surface area (Å²) in [7, 11) is 1.64. The number of amides is 2. The molecule has 1 N–H and O–H groups in total. The van der Waals surface area contributed by atoms with E-state index in [0.717, 1.165) is 37.2 Å². The molecule has 9 nitrogen and oxygen atoms in total. The van der Waals surface area contributed by atoms with E-state index in [0.29, 0.717) is 60.7 Å². The lowest BCUT2D eigenvalue weighted by Gasteiger charge is -2.27. The molecule has 2 aromatic rings. The molecule has 184 valence electrons. The number of hydrogen-bond acceptors (Lipinski definition) is 7. The maximum absolute atomic E-state index is 13.2. The zero-order valence-corrected chi connectivity index (χ0v) is 20.9. The number of rotatable bonds is 9. The molecule has 1 fully saturated rings. The number of nitrogens with one attached hydrogen (secondary N) is 1. The van der Waals surface area contributed by atoms with Crippen LogP contribution in [0.5, 0.6) is 0 Å². The van der Waals surface area contributed by atoms with E-state index >= 15 is 0 Å². The highest BCUT2D eigenvalue weighted by molar-refractivity contribution is 7.15. The lowest BCUT2D eigenvalue weighted by Crippen LogP contribution is -2.41. The molecule has 0 unspecified atom stereocenters. The van der Waals surface area contributed by atoms with Crippen LogP contribution in [0, 0.1) is 0 Å². The van der Waals surface area contributed by atoms with E-state index in [2.05, 4.69) is 22.2 Å². The maximum Gasteiger partial charge on any atom is 0.272 e. The molecule has 1 atom stereocenters. The van der Waals surface area contributed by atoms with Crippen molar-refractivity contribution < 1.29 is 19.1 Å². The third-order valence-corrected chi connectivity index (χ3v) is 7.88. The van der Waals surface area contributed by atoms with Crippen LogP contribution in [0.3, 0.4) is 0 Å². The second-order valence-electron chi connectivity index (χ2n) is 8.82. The minimum atomic E-state index is -0.195. The van der Waals surface area contributed by atoms with Gasteiger partial charge in [-0.3, -0.25) is 24.0 Å². The number of hydrogen-bond donors (Lipinski definition) is 1. The first-order chi connectivity index (χ1) is 16.4. The molecule has 34 heavy (non-hydrogen) atoms. The van der Waals surface area contributed by atoms with Gasteiger partial charge in [0.1, 0.15) is 0 Å². The second kappa shape index (κ2) is 10.8. The first-order valence-electron chi connectivity index (χ1n) is 11.9. The third kappa shape index (κ3) is 5.08. The molecule has 0 bridgehead atoms. The van der Waals surface area contributed by atoms with Crippen LogP contribution in [0.4, 0.5) is 0 Å². The number of nitrogens with zero attached hydrogens (tertiary/aromatic N) is 4. The highest BCUT2D eigenvalue weighted by Gasteiger charge is 2.32. The molecular weight excluding hydrogens is 454 g/mol. The van der Waals surface area contributed by atoms with Crippen LogP contribution in [-0.4, -0.2) is 83.1 Å². The van der Waals surface area contributed by atoms with Crippen molar-refractivity contribution >= 4 is 28.9 Å². The van der Waals surface area contributed by atoms with Crippen molar-refractivity contribution in [3.8, 4) is 0 Å². The van der Waals surface area contributed by atoms with Crippen molar-refractivity contribution in [3.63, 3.8) is 0 Å². The smallest absolute Gasteiger partial charge is 0.272 e. The van der Waals surface area contributed by atoms with Gasteiger partial charge in [0.05, 0.1) is 29.5 Å². The van der Waals surface area contributed by atoms with E-state index in [9.17, 15) is 14.4 Å². The molecule has 0 radical (unpaired) electrons. The number of likely N-dealkylation sites (tertiary alicyclic amines) is 1. The Morgan fingerprint density at radius 3 is 2.74 bits per heavy atom. The van der Waals surface area contributed by atoms with Crippen molar-refractivity contribution in [1.82, 2.24) is 24.9 Å². The van der Waals surface area contributed by atoms with Gasteiger partial charge in [-0.2, -0.15) is 5.10 Å². The van der Waals surface area contributed by atoms with Gasteiger partial charge in [-0.25, -0.2) is 0 Å². The number of ketones is 1. The average molecular weight is 488 g/mol. The Labute approximate surface area is 204 Å². The average Bonchev–Trinajstić information content (AvgIpc) is 3.58. The van der Waals surface area contributed by atoms with Crippen molar-refractivity contribution in [2.45, 2.75) is 52.2 Å². The predicted octanol–water partition coefficient (Wildman–Crippen LogP) is 2.21. The van der Waals surface area contributed by atoms with Gasteiger partial charge < -0.3 is 15.0 Å². The van der Waals surface area contributed by atoms with Gasteiger partial charge in [0, 0.05) is 43.9 Å². The van der Waals surface area contributed by atoms with E-state index in [1.165, 1.54) is 18.3 Å². The Bertz CT molecular complexity index is 1060. The lowest BCUT2D eigenvalue weighted by atomic mass is 10.0. The molecule has 2 aliphatic heterocycles. The summed E-state index contributed by atoms with van der Waals surface area (Å²) in [4.78, 5) is 43.2. The van der Waals surface area contributed by atoms with E-state index < -0.39 is 0 Å². The Kier molecular flexibility index (Phi) is 7.80. The zero-order valence-electron chi connectivity index (χ0n) is 20.1. The Balaban J connectivity index is 1.53. The Hall–Kier alpha value is -2.56. The molecule has 0 saturated carbocycles. The molecular formula is C24H33N5O4S. The monoisotopic (exact) mass is 487 g/mol. The van der Waals surface area contributed by atoms with E-state index in [4.69, 9.17) is 4.74 Å². The summed E-state index contributed by atoms with van der Waals surface area (Å²) in [6, 6.07) is 3.75. The number of Topliss-reactive ketones (excluding diaryl/α,β-unsaturated/α-hetero) is 1. The number of likely N-dealkylation sites (N-methyl/N-ethyl adjacent to an activating group) is 1. The van der Waals surface area contributed by atoms with Gasteiger partial charge in [-0.1, -0.05) is 6.92 Å². The summed E-state index contributed by atoms with van der Waals surface area (Å²) in [6.07, 6.45) is 2.85. The summed E-state index contributed by atoms with van der Waals surface area (Å²) in [6.45, 7) is 8.19. The van der Waals surface area contributed by atoms with Crippen LogP contribution in [0.2, 0.25) is 0 Å². The molecule has 2 amide bonds. The number of fused-ring (bicyclic) bond motifs is 1. The van der Waals surface area contributed by atoms with E-state index in [-0.39, 0.29) is 17.6 Å². The summed E-state index contributed by atoms with van der Waals surface area (Å²) < 4.78 is 7.08. The summed E-state index contributed by atoms with van der Waals surface area (Å²) in [5, 5.41) is 7.73. The number of carbonyl (C=O) groups excluding carboxylic acids is 3. The number of aromatic nitrogens is 2. The molecule has 0 aliphatic carbocycles. The minimum Gasteiger partial charge on any atom is -0.383 e. The fraction of sp³-hybridized carbons (Fsp3) is 0.583. The Morgan fingerprint density at radius 2 is 2.03 bits per heavy atom. The zero-order chi connectivity index (χ0) is 24.2. The first kappa shape index (κ1) is 24.6. The third-order valence-electron chi connectivity index (χ3n) is 6.71. The highest BCUT2D eigenvalue weighted by atomic mass is 32.1. The van der Waals surface area contributed by atoms with E-state index in [1.54, 1.807) is 24.1 Å². The molecule has 10 heteroatoms. The second-order valence-corrected chi connectivity index (χ2v) is 9.91. The highest BCUT2D eigenvalue weighted by Crippen LogP contribution is 2.26. The number of ether oxygens (including phenoxy) is 1. The van der Waals surface area contributed by atoms with E-state index in [1.807, 2.05) is 4.68 Å². The number of methoxy groups -OCH3 is 1. The SMILES string of the molecule is CCN1CCC[C@@H]1CNC(=O)c1nn(CCOC)c2c1CN(C(=O)c1ccc(C(C)=O)s1)CC2. The van der Waals surface area contributed by atoms with Gasteiger partial charge in [0.15, 0.2) is 11.5 Å². The minimum absolute atomic E-state index is 0.0488. The van der Waals surface area contributed by atoms with Crippen LogP contribution < -0.4 is 5.32 Å². The van der Waals surface area contributed by atoms with Crippen LogP contribution in [0.15, 0.2) is 12.1 Å². The van der Waals surface area contributed by atoms with Crippen LogP contribution >= 0.6 is 11.3 Å². The number of carbonyl (C=O) groups is 3. The normalized spacial score (nSPS) is 18.2. The Morgan fingerprint density at radius 1 is 1.24 bits per heavy atom. The van der Waals surface area contributed by atoms with Crippen LogP contribution in [0.1, 0.15) is 67.8 Å². The van der Waals surface area contributed by atoms with Crippen molar-refractivity contribution in [1.29, 1.82) is 0 Å². The summed E-state index contributed by atoms with van der Waals surface area (Å²) in [5.74, 6) is -0.365. The standard InChI is InChI=1S/C24H33N5O4S/c1-4-27-10-5-6-17(27)14-25-23(31)22-18-15-28(11-9-19(18)29(26-22)12-13-33-3)24(32)21-8-7-20(34-21)16(2)30/h7-8,17H,4-6,9-15H2,1-3H3,(H,25,31)/t17-/m1/s1. The summed E-state index contributed by atoms with van der Waals surface area (Å²) in [5.41, 5.74) is 2.17. The van der Waals surface area contributed by atoms with Crippen LogP contribution in [-0.2, 0) is 24.2 Å². The fourth-order valence-corrected chi connectivity index (χ4v) is 5.71. The topological polar surface area (TPSA) is 96.8 Å². The molecule has 2 aromatic heterocycles. The molecule has 2 aliphatic rings. The van der Waals surface area contributed by atoms with Gasteiger partial charge in [0.2, 0.25) is 0 Å². The fourth-order valence-electron chi connectivity index (χ4n) is 4.84. The van der Waals surface area contributed by atoms with Crippen LogP contribution in [0.25, 0.3) is 0 Å². The summed E-state index contributed by atoms with van der Waals surface area (Å²) >= 11 is 1.21. The lowest BCUT2D eigenvalue weighted by molar-refractivity contribution is 0.0734. The molecule has 4 heterocycles. The first-order valence-corrected chi connectivity index (χ1v) is 12.7. The maximum atomic E-state index is 13.2. The predicted molar refractivity (Wildman–Crippen MR) is 129 cm³/mol. The van der Waals surface area contributed by atoms with Gasteiger partial charge >= 0.3 is 0 Å². The molecule has 4 rings (SSSR count). The van der Waals surface area contributed by atoms with Crippen molar-refractivity contribution in [2.75, 3.05) is 39.9 Å². The van der Waals surface area contributed by atoms with Crippen molar-refractivity contribution in [2.24, 2.45) is 0 Å². The largest absolute Gasteiger partial charge is 0.383 e. The van der Waals surface area contributed by atoms with Gasteiger partial charge in [-0.05, 0) is 45.0 Å². The van der Waals surface area contributed by atoms with Gasteiger partial charge in [0.25, 0.3) is 11.8 Å². The number of thiophene rings is 1. The quantitative estimate of drug-likeness (QED) is 0.545. The van der Waals surface area contributed by atoms with Gasteiger partial charge in [-0.15, -0.1) is 11.3 Å². The molecule has 1 saturated heterocycles. The van der Waals surface area contributed by atoms with Crippen molar-refractivity contribution in [3.05, 3.63) is 38.8 Å². The molecule has 0 spiro atoms. The molecule has 0 aromatic carbocycles.